The number of hydrogen-bond donors (Lipinski definition) is 1. The summed E-state index contributed by atoms with van der Waals surface area (Å²) in [6, 6.07) is -0.680. The molecule has 0 radical (unpaired) electrons. The first kappa shape index (κ1) is 16.5. The highest BCUT2D eigenvalue weighted by molar-refractivity contribution is 7.98. The molecule has 0 saturated heterocycles. The van der Waals surface area contributed by atoms with Gasteiger partial charge in [0.25, 0.3) is 0 Å². The van der Waals surface area contributed by atoms with Crippen LogP contribution in [0.1, 0.15) is 20.8 Å². The van der Waals surface area contributed by atoms with Crippen molar-refractivity contribution < 1.29 is 19.1 Å². The Balaban J connectivity index is 4.34. The molecule has 0 spiro atoms. The Morgan fingerprint density at radius 1 is 1.41 bits per heavy atom. The van der Waals surface area contributed by atoms with Crippen LogP contribution in [-0.4, -0.2) is 42.1 Å². The van der Waals surface area contributed by atoms with E-state index in [1.165, 1.54) is 11.8 Å². The first-order chi connectivity index (χ1) is 7.80. The van der Waals surface area contributed by atoms with E-state index >= 15 is 0 Å². The van der Waals surface area contributed by atoms with Gasteiger partial charge >= 0.3 is 12.1 Å². The second-order valence-electron chi connectivity index (χ2n) is 4.28. The van der Waals surface area contributed by atoms with Gasteiger partial charge in [0.15, 0.2) is 0 Å². The minimum atomic E-state index is -0.680. The van der Waals surface area contributed by atoms with Gasteiger partial charge in [-0.1, -0.05) is 9.24 Å². The highest BCUT2D eigenvalue weighted by atomic mass is 32.2. The molecule has 0 bridgehead atoms. The van der Waals surface area contributed by atoms with Gasteiger partial charge in [-0.2, -0.15) is 11.8 Å². The number of amides is 1. The molecule has 100 valence electrons. The summed E-state index contributed by atoms with van der Waals surface area (Å²) in [5.41, 5.74) is -0.585. The van der Waals surface area contributed by atoms with E-state index in [4.69, 9.17) is 9.47 Å². The van der Waals surface area contributed by atoms with Gasteiger partial charge in [0.05, 0.1) is 0 Å². The maximum atomic E-state index is 11.5. The minimum absolute atomic E-state index is 0.208. The fourth-order valence-corrected chi connectivity index (χ4v) is 1.68. The molecule has 0 fully saturated rings. The van der Waals surface area contributed by atoms with Gasteiger partial charge in [0.1, 0.15) is 18.0 Å². The Morgan fingerprint density at radius 3 is 2.41 bits per heavy atom. The molecule has 1 amide bonds. The number of rotatable bonds is 5. The van der Waals surface area contributed by atoms with Crippen molar-refractivity contribution in [3.8, 4) is 0 Å². The van der Waals surface area contributed by atoms with Gasteiger partial charge in [-0.15, -0.1) is 0 Å². The summed E-state index contributed by atoms with van der Waals surface area (Å²) in [6.45, 7) is 5.28. The van der Waals surface area contributed by atoms with Gasteiger partial charge in [-0.05, 0) is 27.0 Å². The maximum absolute atomic E-state index is 11.5. The maximum Gasteiger partial charge on any atom is 0.408 e. The van der Waals surface area contributed by atoms with Gasteiger partial charge in [-0.25, -0.2) is 9.59 Å². The second kappa shape index (κ2) is 7.77. The molecule has 17 heavy (non-hydrogen) atoms. The molecule has 0 aromatic carbocycles. The van der Waals surface area contributed by atoms with Crippen LogP contribution in [0.25, 0.3) is 0 Å². The largest absolute Gasteiger partial charge is 0.460 e. The first-order valence-electron chi connectivity index (χ1n) is 5.15. The van der Waals surface area contributed by atoms with Crippen LogP contribution < -0.4 is 5.32 Å². The topological polar surface area (TPSA) is 64.6 Å². The number of esters is 1. The number of hydrogen-bond acceptors (Lipinski definition) is 5. The molecular weight excluding hydrogens is 261 g/mol. The number of carbonyl (C=O) groups excluding carboxylic acids is 2. The van der Waals surface area contributed by atoms with E-state index in [-0.39, 0.29) is 6.35 Å². The van der Waals surface area contributed by atoms with Crippen LogP contribution in [0.15, 0.2) is 0 Å². The van der Waals surface area contributed by atoms with Gasteiger partial charge < -0.3 is 14.8 Å². The zero-order valence-electron chi connectivity index (χ0n) is 10.6. The molecule has 0 aliphatic carbocycles. The van der Waals surface area contributed by atoms with Crippen molar-refractivity contribution in [3.05, 3.63) is 0 Å². The lowest BCUT2D eigenvalue weighted by Gasteiger charge is -2.22. The summed E-state index contributed by atoms with van der Waals surface area (Å²) in [6.07, 6.45) is 1.44. The molecule has 5 nitrogen and oxygen atoms in total. The lowest BCUT2D eigenvalue weighted by atomic mass is 10.2. The van der Waals surface area contributed by atoms with Crippen LogP contribution in [0, 0.1) is 0 Å². The average molecular weight is 281 g/mol. The van der Waals surface area contributed by atoms with Crippen LogP contribution >= 0.6 is 21.0 Å². The van der Waals surface area contributed by atoms with Crippen molar-refractivity contribution in [2.45, 2.75) is 32.4 Å². The third-order valence-electron chi connectivity index (χ3n) is 1.53. The quantitative estimate of drug-likeness (QED) is 0.613. The molecule has 0 heterocycles. The van der Waals surface area contributed by atoms with Gasteiger partial charge in [0, 0.05) is 5.75 Å². The van der Waals surface area contributed by atoms with E-state index in [0.29, 0.717) is 5.75 Å². The molecule has 0 saturated carbocycles. The number of alkyl carbamates (subject to hydrolysis) is 1. The van der Waals surface area contributed by atoms with E-state index in [1.54, 1.807) is 20.8 Å². The molecule has 7 heteroatoms. The molecule has 1 N–H and O–H groups in total. The molecule has 2 atom stereocenters. The van der Waals surface area contributed by atoms with Crippen LogP contribution in [0.5, 0.6) is 0 Å². The molecular formula is C10H20NO4PS. The zero-order valence-corrected chi connectivity index (χ0v) is 12.6. The van der Waals surface area contributed by atoms with Crippen molar-refractivity contribution in [2.75, 3.05) is 18.4 Å². The fourth-order valence-electron chi connectivity index (χ4n) is 0.968. The number of nitrogens with one attached hydrogen (secondary N) is 1. The minimum Gasteiger partial charge on any atom is -0.460 e. The van der Waals surface area contributed by atoms with E-state index in [0.717, 1.165) is 0 Å². The third-order valence-corrected chi connectivity index (χ3v) is 2.37. The highest BCUT2D eigenvalue weighted by Crippen LogP contribution is 2.08. The number of thioether (sulfide) groups is 1. The summed E-state index contributed by atoms with van der Waals surface area (Å²) in [7, 11) is 2.29. The third kappa shape index (κ3) is 8.27. The van der Waals surface area contributed by atoms with Crippen LogP contribution in [0.4, 0.5) is 4.79 Å². The number of carbonyl (C=O) groups is 2. The lowest BCUT2D eigenvalue weighted by Crippen LogP contribution is -2.45. The summed E-state index contributed by atoms with van der Waals surface area (Å²) in [4.78, 5) is 23.0. The van der Waals surface area contributed by atoms with Crippen molar-refractivity contribution in [1.82, 2.24) is 5.32 Å². The summed E-state index contributed by atoms with van der Waals surface area (Å²) >= 11 is 1.45. The highest BCUT2D eigenvalue weighted by Gasteiger charge is 2.24. The molecule has 0 aromatic heterocycles. The average Bonchev–Trinajstić information content (AvgIpc) is 2.14. The standard InChI is InChI=1S/C10H20NO4PS/c1-10(2,3)15-9(13)11-7(5-17-4)8(12)14-6-16/h7H,5-6,16H2,1-4H3,(H,11,13). The Kier molecular flexibility index (Phi) is 7.55. The van der Waals surface area contributed by atoms with E-state index in [2.05, 4.69) is 14.6 Å². The lowest BCUT2D eigenvalue weighted by molar-refractivity contribution is -0.143. The van der Waals surface area contributed by atoms with Crippen molar-refractivity contribution >= 4 is 33.1 Å². The number of ether oxygens (including phenoxy) is 2. The predicted molar refractivity (Wildman–Crippen MR) is 72.2 cm³/mol. The van der Waals surface area contributed by atoms with Crippen molar-refractivity contribution in [2.24, 2.45) is 0 Å². The van der Waals surface area contributed by atoms with E-state index < -0.39 is 23.7 Å². The first-order valence-corrected chi connectivity index (χ1v) is 7.36. The SMILES string of the molecule is CSCC(NC(=O)OC(C)(C)C)C(=O)OCP. The van der Waals surface area contributed by atoms with E-state index in [9.17, 15) is 9.59 Å². The predicted octanol–water partition coefficient (Wildman–Crippen LogP) is 1.62. The molecule has 0 aliphatic rings. The van der Waals surface area contributed by atoms with Crippen LogP contribution in [-0.2, 0) is 14.3 Å². The van der Waals surface area contributed by atoms with Crippen molar-refractivity contribution in [1.29, 1.82) is 0 Å². The second-order valence-corrected chi connectivity index (χ2v) is 5.53. The molecule has 0 aromatic rings. The Hall–Kier alpha value is -0.480. The fraction of sp³-hybridized carbons (Fsp3) is 0.800. The van der Waals surface area contributed by atoms with Crippen LogP contribution in [0.3, 0.4) is 0 Å². The molecule has 0 rings (SSSR count). The summed E-state index contributed by atoms with van der Waals surface area (Å²) in [5.74, 6) is -0.0110. The smallest absolute Gasteiger partial charge is 0.408 e. The van der Waals surface area contributed by atoms with Gasteiger partial charge in [0.2, 0.25) is 0 Å². The summed E-state index contributed by atoms with van der Waals surface area (Å²) < 4.78 is 9.90. The molecule has 2 unspecified atom stereocenters. The van der Waals surface area contributed by atoms with E-state index in [1.807, 2.05) is 6.26 Å². The normalized spacial score (nSPS) is 12.8. The Labute approximate surface area is 109 Å². The zero-order chi connectivity index (χ0) is 13.5. The van der Waals surface area contributed by atoms with Crippen molar-refractivity contribution in [3.63, 3.8) is 0 Å². The van der Waals surface area contributed by atoms with Crippen LogP contribution in [0.2, 0.25) is 0 Å². The Bertz CT molecular complexity index is 268. The van der Waals surface area contributed by atoms with Gasteiger partial charge in [-0.3, -0.25) is 0 Å². The molecule has 0 aliphatic heterocycles. The Morgan fingerprint density at radius 2 is 2.00 bits per heavy atom. The monoisotopic (exact) mass is 281 g/mol. The summed E-state index contributed by atoms with van der Waals surface area (Å²) in [5, 5.41) is 2.49.